The Hall–Kier alpha value is -2.86. The summed E-state index contributed by atoms with van der Waals surface area (Å²) in [5.74, 6) is -2.77. The molecule has 0 radical (unpaired) electrons. The van der Waals surface area contributed by atoms with Crippen molar-refractivity contribution in [3.8, 4) is 5.75 Å². The molecule has 1 aliphatic heterocycles. The molecule has 0 spiro atoms. The van der Waals surface area contributed by atoms with E-state index < -0.39 is 53.0 Å². The maximum atomic E-state index is 15.2. The summed E-state index contributed by atoms with van der Waals surface area (Å²) in [4.78, 5) is 15.1. The number of aryl methyl sites for hydroxylation is 1. The second-order valence-corrected chi connectivity index (χ2v) is 9.24. The second-order valence-electron chi connectivity index (χ2n) is 9.24. The van der Waals surface area contributed by atoms with E-state index in [0.717, 1.165) is 11.8 Å². The molecule has 1 aliphatic carbocycles. The first-order valence-electron chi connectivity index (χ1n) is 11.4. The molecule has 1 atom stereocenters. The number of alkyl halides is 6. The van der Waals surface area contributed by atoms with Crippen molar-refractivity contribution in [2.24, 2.45) is 5.92 Å². The minimum atomic E-state index is -6.23. The lowest BCUT2D eigenvalue weighted by molar-refractivity contribution is -0.377. The molecule has 1 N–H and O–H groups in total. The number of carbonyl (C=O) groups is 1. The van der Waals surface area contributed by atoms with Crippen LogP contribution in [-0.2, 0) is 23.2 Å². The summed E-state index contributed by atoms with van der Waals surface area (Å²) in [6.45, 7) is 3.36. The van der Waals surface area contributed by atoms with Crippen molar-refractivity contribution in [2.45, 2.75) is 37.7 Å². The van der Waals surface area contributed by atoms with Gasteiger partial charge in [-0.3, -0.25) is 4.79 Å². The van der Waals surface area contributed by atoms with Crippen molar-refractivity contribution in [1.29, 1.82) is 0 Å². The molecule has 2 aromatic rings. The number of fused-ring (bicyclic) bond motifs is 1. The van der Waals surface area contributed by atoms with Gasteiger partial charge in [0.25, 0.3) is 5.60 Å². The average molecular weight is 535 g/mol. The third kappa shape index (κ3) is 4.65. The van der Waals surface area contributed by atoms with Crippen molar-refractivity contribution in [2.75, 3.05) is 38.3 Å². The van der Waals surface area contributed by atoms with Crippen LogP contribution in [0.2, 0.25) is 0 Å². The highest BCUT2D eigenvalue weighted by Crippen LogP contribution is 2.51. The number of hydrogen-bond donors (Lipinski definition) is 1. The zero-order valence-electron chi connectivity index (χ0n) is 19.9. The van der Waals surface area contributed by atoms with E-state index in [1.165, 1.54) is 14.0 Å². The molecule has 1 heterocycles. The largest absolute Gasteiger partial charge is 0.495 e. The van der Waals surface area contributed by atoms with Gasteiger partial charge < -0.3 is 19.5 Å². The lowest BCUT2D eigenvalue weighted by Crippen LogP contribution is -2.54. The van der Waals surface area contributed by atoms with Crippen LogP contribution in [0.25, 0.3) is 0 Å². The molecule has 0 bridgehead atoms. The number of nitrogens with zero attached hydrogens (tertiary/aromatic N) is 1. The van der Waals surface area contributed by atoms with Gasteiger partial charge in [-0.25, -0.2) is 4.39 Å². The Bertz CT molecular complexity index is 1190. The predicted octanol–water partition coefficient (Wildman–Crippen LogP) is 4.89. The Labute approximate surface area is 207 Å². The van der Waals surface area contributed by atoms with E-state index in [0.29, 0.717) is 49.2 Å². The lowest BCUT2D eigenvalue weighted by Gasteiger charge is -2.33. The molecular weight excluding hydrogens is 511 g/mol. The van der Waals surface area contributed by atoms with Crippen LogP contribution in [0.15, 0.2) is 24.3 Å². The van der Waals surface area contributed by atoms with Crippen LogP contribution >= 0.6 is 0 Å². The van der Waals surface area contributed by atoms with E-state index in [9.17, 15) is 36.2 Å². The van der Waals surface area contributed by atoms with Gasteiger partial charge >= 0.3 is 12.4 Å². The Kier molecular flexibility index (Phi) is 6.95. The number of Topliss-reactive ketones (excluding diaryl/α,β-unsaturated/α-hetero) is 1. The van der Waals surface area contributed by atoms with Gasteiger partial charge in [0, 0.05) is 30.1 Å². The number of benzene rings is 2. The summed E-state index contributed by atoms with van der Waals surface area (Å²) in [7, 11) is 1.44. The fourth-order valence-electron chi connectivity index (χ4n) is 4.95. The van der Waals surface area contributed by atoms with Crippen molar-refractivity contribution in [3.63, 3.8) is 0 Å². The number of ketones is 1. The number of aliphatic hydroxyl groups is 1. The lowest BCUT2D eigenvalue weighted by atomic mass is 9.86. The van der Waals surface area contributed by atoms with Gasteiger partial charge in [0.15, 0.2) is 5.78 Å². The molecule has 5 nitrogen and oxygen atoms in total. The first-order valence-corrected chi connectivity index (χ1v) is 11.4. The van der Waals surface area contributed by atoms with Gasteiger partial charge in [-0.1, -0.05) is 11.6 Å². The summed E-state index contributed by atoms with van der Waals surface area (Å²) in [5, 5.41) is 9.77. The number of ether oxygens (including phenoxy) is 2. The number of rotatable bonds is 5. The van der Waals surface area contributed by atoms with Crippen molar-refractivity contribution >= 4 is 11.5 Å². The molecule has 2 aromatic carbocycles. The quantitative estimate of drug-likeness (QED) is 0.553. The fraction of sp³-hybridized carbons (Fsp3) is 0.480. The van der Waals surface area contributed by atoms with E-state index in [2.05, 4.69) is 0 Å². The third-order valence-electron chi connectivity index (χ3n) is 6.83. The van der Waals surface area contributed by atoms with Crippen LogP contribution < -0.4 is 9.64 Å². The highest BCUT2D eigenvalue weighted by atomic mass is 19.4. The molecule has 1 fully saturated rings. The summed E-state index contributed by atoms with van der Waals surface area (Å²) in [6.07, 6.45) is -12.8. The Morgan fingerprint density at radius 3 is 2.24 bits per heavy atom. The Balaban J connectivity index is 1.69. The van der Waals surface area contributed by atoms with Gasteiger partial charge in [0.2, 0.25) is 0 Å². The van der Waals surface area contributed by atoms with E-state index >= 15 is 4.39 Å². The zero-order valence-corrected chi connectivity index (χ0v) is 19.9. The molecule has 12 heteroatoms. The first kappa shape index (κ1) is 27.2. The molecule has 37 heavy (non-hydrogen) atoms. The van der Waals surface area contributed by atoms with Crippen LogP contribution in [-0.4, -0.2) is 56.7 Å². The molecule has 0 amide bonds. The summed E-state index contributed by atoms with van der Waals surface area (Å²) in [6, 6.07) is 4.72. The highest BCUT2D eigenvalue weighted by Gasteiger charge is 2.72. The monoisotopic (exact) mass is 535 g/mol. The number of anilines is 1. The smallest absolute Gasteiger partial charge is 0.430 e. The zero-order chi connectivity index (χ0) is 27.3. The van der Waals surface area contributed by atoms with Gasteiger partial charge in [0.05, 0.1) is 26.0 Å². The van der Waals surface area contributed by atoms with Crippen LogP contribution in [0.4, 0.5) is 36.4 Å². The maximum absolute atomic E-state index is 15.2. The summed E-state index contributed by atoms with van der Waals surface area (Å²) >= 11 is 0. The molecular formula is C25H24F7NO4. The number of morpholine rings is 1. The normalized spacial score (nSPS) is 18.8. The van der Waals surface area contributed by atoms with E-state index in [-0.39, 0.29) is 12.0 Å². The van der Waals surface area contributed by atoms with Crippen LogP contribution in [0.3, 0.4) is 0 Å². The van der Waals surface area contributed by atoms with Crippen LogP contribution in [0, 0.1) is 18.7 Å². The molecule has 2 aliphatic rings. The molecule has 1 saturated heterocycles. The number of hydrogen-bond acceptors (Lipinski definition) is 5. The molecule has 0 saturated carbocycles. The molecule has 1 unspecified atom stereocenters. The van der Waals surface area contributed by atoms with Gasteiger partial charge in [-0.2, -0.15) is 26.3 Å². The van der Waals surface area contributed by atoms with Crippen molar-refractivity contribution in [3.05, 3.63) is 57.9 Å². The van der Waals surface area contributed by atoms with E-state index in [4.69, 9.17) is 9.47 Å². The Morgan fingerprint density at radius 2 is 1.68 bits per heavy atom. The van der Waals surface area contributed by atoms with E-state index in [1.54, 1.807) is 12.1 Å². The number of carbonyl (C=O) groups excluding carboxylic acids is 1. The van der Waals surface area contributed by atoms with E-state index in [1.807, 2.05) is 4.90 Å². The maximum Gasteiger partial charge on any atom is 0.430 e. The number of halogens is 7. The first-order chi connectivity index (χ1) is 17.2. The van der Waals surface area contributed by atoms with Crippen molar-refractivity contribution in [1.82, 2.24) is 0 Å². The van der Waals surface area contributed by atoms with Crippen LogP contribution in [0.1, 0.15) is 32.6 Å². The standard InChI is InChI=1S/C25H24F7NO4/c1-13-7-15(21(26)18(8-13)23(35,24(27,28)29)25(30,31)32)10-16-9-14-11-19(33-3-5-37-6-4-33)20(36-2)12-17(14)22(16)34/h7-8,11-12,16,35H,3-6,9-10H2,1-2H3. The average Bonchev–Trinajstić information content (AvgIpc) is 3.13. The predicted molar refractivity (Wildman–Crippen MR) is 118 cm³/mol. The second kappa shape index (κ2) is 9.46. The van der Waals surface area contributed by atoms with Gasteiger partial charge in [-0.05, 0) is 49.1 Å². The fourth-order valence-corrected chi connectivity index (χ4v) is 4.95. The highest BCUT2D eigenvalue weighted by molar-refractivity contribution is 6.03. The van der Waals surface area contributed by atoms with Gasteiger partial charge in [0.1, 0.15) is 11.6 Å². The summed E-state index contributed by atoms with van der Waals surface area (Å²) < 4.78 is 107. The molecule has 4 rings (SSSR count). The molecule has 0 aromatic heterocycles. The minimum Gasteiger partial charge on any atom is -0.495 e. The summed E-state index contributed by atoms with van der Waals surface area (Å²) in [5.41, 5.74) is -6.36. The molecule has 202 valence electrons. The third-order valence-corrected chi connectivity index (χ3v) is 6.83. The van der Waals surface area contributed by atoms with Crippen molar-refractivity contribution < 1.29 is 50.1 Å². The van der Waals surface area contributed by atoms with Gasteiger partial charge in [-0.15, -0.1) is 0 Å². The SMILES string of the molecule is COc1cc2c(cc1N1CCOCC1)CC(Cc1cc(C)cc(C(O)(C(F)(F)F)C(F)(F)F)c1F)C2=O. The number of methoxy groups -OCH3 is 1. The van der Waals surface area contributed by atoms with Crippen LogP contribution in [0.5, 0.6) is 5.75 Å². The minimum absolute atomic E-state index is 0.112. The topological polar surface area (TPSA) is 59.0 Å². The Morgan fingerprint density at radius 1 is 1.05 bits per heavy atom.